The summed E-state index contributed by atoms with van der Waals surface area (Å²) in [6.07, 6.45) is 7.28. The van der Waals surface area contributed by atoms with Gasteiger partial charge in [0.1, 0.15) is 6.17 Å². The van der Waals surface area contributed by atoms with Gasteiger partial charge in [0.15, 0.2) is 6.19 Å². The van der Waals surface area contributed by atoms with Crippen molar-refractivity contribution in [3.8, 4) is 6.19 Å². The molecular formula is C22H23N9O. The van der Waals surface area contributed by atoms with Crippen LogP contribution in [0.5, 0.6) is 0 Å². The number of carbonyl (C=O) groups excluding carboxylic acids is 1. The Kier molecular flexibility index (Phi) is 6.57. The van der Waals surface area contributed by atoms with Crippen LogP contribution in [0, 0.1) is 11.5 Å². The number of para-hydroxylation sites is 1. The number of nitrogens with zero attached hydrogens (tertiary/aromatic N) is 5. The number of aliphatic imine (C=N–C) groups is 1. The quantitative estimate of drug-likeness (QED) is 0.193. The van der Waals surface area contributed by atoms with Crippen molar-refractivity contribution in [3.05, 3.63) is 78.1 Å². The van der Waals surface area contributed by atoms with E-state index in [9.17, 15) is 4.79 Å². The number of rotatable bonds is 7. The van der Waals surface area contributed by atoms with Crippen molar-refractivity contribution in [2.45, 2.75) is 12.6 Å². The summed E-state index contributed by atoms with van der Waals surface area (Å²) >= 11 is 0. The van der Waals surface area contributed by atoms with Crippen LogP contribution in [0.2, 0.25) is 0 Å². The molecular weight excluding hydrogens is 406 g/mol. The van der Waals surface area contributed by atoms with E-state index in [4.69, 9.17) is 5.26 Å². The van der Waals surface area contributed by atoms with Gasteiger partial charge in [-0.25, -0.2) is 4.98 Å². The molecule has 1 unspecified atom stereocenters. The normalized spacial score (nSPS) is 15.5. The number of amides is 1. The second-order valence-electron chi connectivity index (χ2n) is 7.06. The summed E-state index contributed by atoms with van der Waals surface area (Å²) in [6, 6.07) is 13.1. The van der Waals surface area contributed by atoms with Crippen LogP contribution in [0.25, 0.3) is 0 Å². The number of hydrogen-bond acceptors (Lipinski definition) is 6. The smallest absolute Gasteiger partial charge is 0.255 e. The Labute approximate surface area is 185 Å². The Balaban J connectivity index is 1.46. The lowest BCUT2D eigenvalue weighted by Gasteiger charge is -2.38. The summed E-state index contributed by atoms with van der Waals surface area (Å²) in [5.74, 6) is 0.267. The Morgan fingerprint density at radius 1 is 1.25 bits per heavy atom. The van der Waals surface area contributed by atoms with Gasteiger partial charge in [0.2, 0.25) is 5.96 Å². The Morgan fingerprint density at radius 3 is 2.91 bits per heavy atom. The second-order valence-corrected chi connectivity index (χ2v) is 7.06. The summed E-state index contributed by atoms with van der Waals surface area (Å²) in [4.78, 5) is 30.6. The van der Waals surface area contributed by atoms with Crippen LogP contribution in [0.4, 0.5) is 5.69 Å². The maximum absolute atomic E-state index is 12.6. The lowest BCUT2D eigenvalue weighted by atomic mass is 10.1. The predicted molar refractivity (Wildman–Crippen MR) is 120 cm³/mol. The molecule has 0 saturated heterocycles. The van der Waals surface area contributed by atoms with Gasteiger partial charge in [-0.05, 0) is 24.3 Å². The molecule has 0 spiro atoms. The number of aromatic amines is 1. The van der Waals surface area contributed by atoms with E-state index in [2.05, 4.69) is 40.8 Å². The molecule has 1 atom stereocenters. The third kappa shape index (κ3) is 4.84. The van der Waals surface area contributed by atoms with E-state index in [1.807, 2.05) is 42.6 Å². The maximum Gasteiger partial charge on any atom is 0.255 e. The summed E-state index contributed by atoms with van der Waals surface area (Å²) in [6.45, 7) is 1.54. The summed E-state index contributed by atoms with van der Waals surface area (Å²) in [5, 5.41) is 17.9. The van der Waals surface area contributed by atoms with Crippen molar-refractivity contribution in [2.24, 2.45) is 4.99 Å². The van der Waals surface area contributed by atoms with Crippen LogP contribution in [0.15, 0.2) is 66.2 Å². The lowest BCUT2D eigenvalue weighted by Crippen LogP contribution is -2.50. The van der Waals surface area contributed by atoms with Crippen LogP contribution in [0.1, 0.15) is 27.9 Å². The lowest BCUT2D eigenvalue weighted by molar-refractivity contribution is 0.0925. The molecule has 4 N–H and O–H groups in total. The molecule has 0 radical (unpaired) electrons. The number of carbonyl (C=O) groups is 1. The molecule has 1 aromatic carbocycles. The average molecular weight is 429 g/mol. The molecule has 4 rings (SSSR count). The first-order valence-electron chi connectivity index (χ1n) is 10.2. The van der Waals surface area contributed by atoms with E-state index in [1.165, 1.54) is 0 Å². The van der Waals surface area contributed by atoms with Crippen LogP contribution in [0.3, 0.4) is 0 Å². The Bertz CT molecular complexity index is 1110. The number of nitriles is 1. The van der Waals surface area contributed by atoms with Gasteiger partial charge in [-0.3, -0.25) is 20.1 Å². The zero-order valence-electron chi connectivity index (χ0n) is 17.3. The number of H-pyrrole nitrogens is 1. The van der Waals surface area contributed by atoms with Gasteiger partial charge in [0, 0.05) is 44.1 Å². The molecule has 2 aromatic heterocycles. The molecule has 10 heteroatoms. The molecule has 0 bridgehead atoms. The third-order valence-electron chi connectivity index (χ3n) is 5.03. The van der Waals surface area contributed by atoms with E-state index in [1.54, 1.807) is 24.8 Å². The zero-order valence-corrected chi connectivity index (χ0v) is 17.3. The van der Waals surface area contributed by atoms with Gasteiger partial charge in [-0.2, -0.15) is 5.26 Å². The SMILES string of the molecule is N#CNC(=NCCc1cnc[nH]1)NCCN1c2ccccc2C(=O)NC1c1ccccn1. The number of nitrogens with one attached hydrogen (secondary N) is 4. The fourth-order valence-electron chi connectivity index (χ4n) is 3.55. The Hall–Kier alpha value is -4.39. The number of pyridine rings is 1. The van der Waals surface area contributed by atoms with Crippen molar-refractivity contribution < 1.29 is 4.79 Å². The van der Waals surface area contributed by atoms with E-state index < -0.39 is 6.17 Å². The molecule has 3 heterocycles. The van der Waals surface area contributed by atoms with Crippen molar-refractivity contribution in [1.29, 1.82) is 5.26 Å². The van der Waals surface area contributed by atoms with Crippen LogP contribution >= 0.6 is 0 Å². The van der Waals surface area contributed by atoms with Crippen molar-refractivity contribution >= 4 is 17.6 Å². The molecule has 0 aliphatic carbocycles. The number of anilines is 1. The number of aromatic nitrogens is 3. The Morgan fingerprint density at radius 2 is 2.12 bits per heavy atom. The molecule has 0 fully saturated rings. The minimum absolute atomic E-state index is 0.132. The molecule has 162 valence electrons. The highest BCUT2D eigenvalue weighted by molar-refractivity contribution is 6.02. The highest BCUT2D eigenvalue weighted by atomic mass is 16.2. The van der Waals surface area contributed by atoms with Crippen LogP contribution in [-0.4, -0.2) is 46.5 Å². The fourth-order valence-corrected chi connectivity index (χ4v) is 3.55. The summed E-state index contributed by atoms with van der Waals surface area (Å²) in [7, 11) is 0. The molecule has 1 amide bonds. The zero-order chi connectivity index (χ0) is 22.2. The second kappa shape index (κ2) is 10.1. The standard InChI is InChI=1S/C22H23N9O/c23-14-28-22(26-10-8-16-13-24-15-29-16)27-11-12-31-19-7-2-1-5-17(19)21(32)30-20(31)18-6-3-4-9-25-18/h1-7,9,13,15,20H,8,10-12H2,(H,24,29)(H,30,32)(H2,26,27,28). The molecule has 1 aliphatic heterocycles. The largest absolute Gasteiger partial charge is 0.354 e. The number of benzene rings is 1. The topological polar surface area (TPSA) is 134 Å². The van der Waals surface area contributed by atoms with Crippen LogP contribution in [-0.2, 0) is 6.42 Å². The fraction of sp³-hybridized carbons (Fsp3) is 0.227. The van der Waals surface area contributed by atoms with Gasteiger partial charge in [0.25, 0.3) is 5.91 Å². The molecule has 10 nitrogen and oxygen atoms in total. The van der Waals surface area contributed by atoms with Gasteiger partial charge in [-0.15, -0.1) is 0 Å². The average Bonchev–Trinajstić information content (AvgIpc) is 3.34. The molecule has 1 aliphatic rings. The first-order valence-corrected chi connectivity index (χ1v) is 10.2. The highest BCUT2D eigenvalue weighted by Crippen LogP contribution is 2.31. The third-order valence-corrected chi connectivity index (χ3v) is 5.03. The number of fused-ring (bicyclic) bond motifs is 1. The highest BCUT2D eigenvalue weighted by Gasteiger charge is 2.31. The van der Waals surface area contributed by atoms with E-state index in [0.29, 0.717) is 37.6 Å². The minimum Gasteiger partial charge on any atom is -0.354 e. The molecule has 32 heavy (non-hydrogen) atoms. The van der Waals surface area contributed by atoms with Crippen molar-refractivity contribution in [2.75, 3.05) is 24.5 Å². The van der Waals surface area contributed by atoms with E-state index in [0.717, 1.165) is 17.1 Å². The van der Waals surface area contributed by atoms with Crippen molar-refractivity contribution in [3.63, 3.8) is 0 Å². The van der Waals surface area contributed by atoms with Gasteiger partial charge in [-0.1, -0.05) is 18.2 Å². The van der Waals surface area contributed by atoms with Gasteiger partial charge < -0.3 is 20.5 Å². The van der Waals surface area contributed by atoms with Gasteiger partial charge >= 0.3 is 0 Å². The number of imidazole rings is 1. The number of guanidine groups is 1. The summed E-state index contributed by atoms with van der Waals surface area (Å²) < 4.78 is 0. The van der Waals surface area contributed by atoms with E-state index >= 15 is 0 Å². The van der Waals surface area contributed by atoms with E-state index in [-0.39, 0.29) is 5.91 Å². The first kappa shape index (κ1) is 20.9. The van der Waals surface area contributed by atoms with Crippen LogP contribution < -0.4 is 20.9 Å². The number of hydrogen-bond donors (Lipinski definition) is 4. The maximum atomic E-state index is 12.6. The van der Waals surface area contributed by atoms with Gasteiger partial charge in [0.05, 0.1) is 23.3 Å². The first-order chi connectivity index (χ1) is 15.8. The monoisotopic (exact) mass is 429 g/mol. The summed E-state index contributed by atoms with van der Waals surface area (Å²) in [5.41, 5.74) is 3.17. The predicted octanol–water partition coefficient (Wildman–Crippen LogP) is 1.31. The molecule has 3 aromatic rings. The van der Waals surface area contributed by atoms with Crippen molar-refractivity contribution in [1.82, 2.24) is 30.9 Å². The molecule has 0 saturated carbocycles. The minimum atomic E-state index is -0.398.